The van der Waals surface area contributed by atoms with Crippen LogP contribution in [0.15, 0.2) is 48.7 Å². The van der Waals surface area contributed by atoms with E-state index < -0.39 is 17.7 Å². The number of aliphatic carboxylic acids is 1. The van der Waals surface area contributed by atoms with Crippen molar-refractivity contribution in [1.29, 1.82) is 0 Å². The molecule has 6 nitrogen and oxygen atoms in total. The van der Waals surface area contributed by atoms with Gasteiger partial charge in [-0.2, -0.15) is 0 Å². The molecule has 1 aliphatic heterocycles. The molecule has 0 saturated carbocycles. The van der Waals surface area contributed by atoms with Gasteiger partial charge in [0, 0.05) is 18.2 Å². The van der Waals surface area contributed by atoms with Crippen LogP contribution in [0.25, 0.3) is 11.1 Å². The fraction of sp³-hybridized carbons (Fsp3) is 0.379. The van der Waals surface area contributed by atoms with E-state index in [1.165, 1.54) is 13.3 Å². The number of hydrogen-bond acceptors (Lipinski definition) is 5. The number of fused-ring (bicyclic) bond motifs is 1. The lowest BCUT2D eigenvalue weighted by Crippen LogP contribution is -2.19. The summed E-state index contributed by atoms with van der Waals surface area (Å²) in [5.41, 5.74) is 5.38. The average molecular weight is 493 g/mol. The van der Waals surface area contributed by atoms with Gasteiger partial charge in [-0.15, -0.1) is 0 Å². The SMILES string of the molecule is CCN(C)Cc1cc([C@@H]2CCc3ccc(CC(C)C(=O)O)cc3O2)ccc1-c1cc(OC)ncc1F. The van der Waals surface area contributed by atoms with Gasteiger partial charge in [-0.05, 0) is 66.7 Å². The van der Waals surface area contributed by atoms with Crippen molar-refractivity contribution in [3.05, 3.63) is 76.7 Å². The Morgan fingerprint density at radius 1 is 1.25 bits per heavy atom. The van der Waals surface area contributed by atoms with Gasteiger partial charge in [0.15, 0.2) is 0 Å². The summed E-state index contributed by atoms with van der Waals surface area (Å²) in [6, 6.07) is 13.7. The third-order valence-corrected chi connectivity index (χ3v) is 6.85. The maximum atomic E-state index is 14.8. The van der Waals surface area contributed by atoms with Crippen molar-refractivity contribution in [3.63, 3.8) is 0 Å². The molecule has 2 heterocycles. The Morgan fingerprint density at radius 2 is 2.06 bits per heavy atom. The molecular formula is C29H33FN2O4. The van der Waals surface area contributed by atoms with Crippen molar-refractivity contribution in [1.82, 2.24) is 9.88 Å². The number of pyridine rings is 1. The number of carboxylic acid groups (broad SMARTS) is 1. The van der Waals surface area contributed by atoms with Gasteiger partial charge >= 0.3 is 5.97 Å². The largest absolute Gasteiger partial charge is 0.485 e. The van der Waals surface area contributed by atoms with Gasteiger partial charge in [-0.25, -0.2) is 9.37 Å². The summed E-state index contributed by atoms with van der Waals surface area (Å²) in [5.74, 6) is -0.484. The first-order chi connectivity index (χ1) is 17.3. The molecule has 2 aromatic carbocycles. The fourth-order valence-electron chi connectivity index (χ4n) is 4.56. The van der Waals surface area contributed by atoms with Crippen LogP contribution >= 0.6 is 0 Å². The van der Waals surface area contributed by atoms with Crippen LogP contribution in [0.3, 0.4) is 0 Å². The van der Waals surface area contributed by atoms with Crippen LogP contribution in [0.1, 0.15) is 48.6 Å². The lowest BCUT2D eigenvalue weighted by atomic mass is 9.91. The topological polar surface area (TPSA) is 71.9 Å². The van der Waals surface area contributed by atoms with E-state index in [0.717, 1.165) is 53.0 Å². The van der Waals surface area contributed by atoms with Crippen LogP contribution in [0.5, 0.6) is 11.6 Å². The molecule has 0 spiro atoms. The van der Waals surface area contributed by atoms with Gasteiger partial charge in [-0.1, -0.05) is 44.2 Å². The normalized spacial score (nSPS) is 15.8. The second-order valence-corrected chi connectivity index (χ2v) is 9.48. The highest BCUT2D eigenvalue weighted by molar-refractivity contribution is 5.70. The fourth-order valence-corrected chi connectivity index (χ4v) is 4.56. The molecule has 0 bridgehead atoms. The number of carbonyl (C=O) groups is 1. The highest BCUT2D eigenvalue weighted by Crippen LogP contribution is 2.38. The number of benzene rings is 2. The van der Waals surface area contributed by atoms with Gasteiger partial charge in [-0.3, -0.25) is 4.79 Å². The minimum atomic E-state index is -0.806. The Balaban J connectivity index is 1.65. The Labute approximate surface area is 211 Å². The molecule has 3 aromatic rings. The Bertz CT molecular complexity index is 1250. The quantitative estimate of drug-likeness (QED) is 0.415. The Hall–Kier alpha value is -3.45. The minimum Gasteiger partial charge on any atom is -0.485 e. The van der Waals surface area contributed by atoms with Crippen LogP contribution in [-0.2, 0) is 24.2 Å². The summed E-state index contributed by atoms with van der Waals surface area (Å²) in [6.45, 7) is 5.31. The van der Waals surface area contributed by atoms with E-state index in [1.807, 2.05) is 37.4 Å². The molecule has 1 aromatic heterocycles. The van der Waals surface area contributed by atoms with Crippen LogP contribution in [0.4, 0.5) is 4.39 Å². The molecule has 0 aliphatic carbocycles. The first-order valence-electron chi connectivity index (χ1n) is 12.3. The van der Waals surface area contributed by atoms with Crippen LogP contribution in [0, 0.1) is 11.7 Å². The molecule has 4 rings (SSSR count). The van der Waals surface area contributed by atoms with Crippen molar-refractivity contribution in [2.45, 2.75) is 45.8 Å². The van der Waals surface area contributed by atoms with Crippen molar-refractivity contribution in [2.75, 3.05) is 20.7 Å². The predicted molar refractivity (Wildman–Crippen MR) is 137 cm³/mol. The van der Waals surface area contributed by atoms with Gasteiger partial charge in [0.05, 0.1) is 19.2 Å². The zero-order valence-electron chi connectivity index (χ0n) is 21.3. The van der Waals surface area contributed by atoms with Crippen LogP contribution in [-0.4, -0.2) is 41.7 Å². The standard InChI is InChI=1S/C29H33FN2O4/c1-5-32(3)17-22-14-21(8-10-23(22)24-15-28(35-4)31-16-25(24)30)26-11-9-20-7-6-19(13-27(20)36-26)12-18(2)29(33)34/h6-8,10,13-16,18,26H,5,9,11-12,17H2,1-4H3,(H,33,34)/t18?,26-/m0/s1. The lowest BCUT2D eigenvalue weighted by molar-refractivity contribution is -0.141. The van der Waals surface area contributed by atoms with Crippen LogP contribution in [0.2, 0.25) is 0 Å². The van der Waals surface area contributed by atoms with E-state index in [4.69, 9.17) is 9.47 Å². The van der Waals surface area contributed by atoms with Gasteiger partial charge in [0.2, 0.25) is 5.88 Å². The number of halogens is 1. The summed E-state index contributed by atoms with van der Waals surface area (Å²) >= 11 is 0. The van der Waals surface area contributed by atoms with Crippen molar-refractivity contribution >= 4 is 5.97 Å². The summed E-state index contributed by atoms with van der Waals surface area (Å²) in [7, 11) is 3.55. The van der Waals surface area contributed by atoms with E-state index in [9.17, 15) is 14.3 Å². The third kappa shape index (κ3) is 5.68. The number of hydrogen-bond donors (Lipinski definition) is 1. The van der Waals surface area contributed by atoms with Crippen LogP contribution < -0.4 is 9.47 Å². The molecule has 1 N–H and O–H groups in total. The van der Waals surface area contributed by atoms with Gasteiger partial charge in [0.25, 0.3) is 0 Å². The second-order valence-electron chi connectivity index (χ2n) is 9.48. The minimum absolute atomic E-state index is 0.138. The number of ether oxygens (including phenoxy) is 2. The number of carboxylic acids is 1. The van der Waals surface area contributed by atoms with E-state index in [-0.39, 0.29) is 6.10 Å². The molecule has 1 aliphatic rings. The molecule has 0 amide bonds. The number of methoxy groups -OCH3 is 1. The number of rotatable bonds is 9. The molecule has 1 unspecified atom stereocenters. The molecule has 0 radical (unpaired) electrons. The summed E-state index contributed by atoms with van der Waals surface area (Å²) < 4.78 is 26.5. The number of aryl methyl sites for hydroxylation is 1. The molecule has 190 valence electrons. The smallest absolute Gasteiger partial charge is 0.306 e. The first kappa shape index (κ1) is 25.6. The Kier molecular flexibility index (Phi) is 7.89. The Morgan fingerprint density at radius 3 is 2.78 bits per heavy atom. The van der Waals surface area contributed by atoms with Crippen molar-refractivity contribution < 1.29 is 23.8 Å². The van der Waals surface area contributed by atoms with E-state index in [0.29, 0.717) is 24.4 Å². The zero-order chi connectivity index (χ0) is 25.8. The molecule has 7 heteroatoms. The number of aromatic nitrogens is 1. The van der Waals surface area contributed by atoms with Crippen molar-refractivity contribution in [2.24, 2.45) is 5.92 Å². The van der Waals surface area contributed by atoms with E-state index >= 15 is 0 Å². The maximum Gasteiger partial charge on any atom is 0.306 e. The molecule has 0 fully saturated rings. The molecule has 36 heavy (non-hydrogen) atoms. The monoisotopic (exact) mass is 492 g/mol. The third-order valence-electron chi connectivity index (χ3n) is 6.85. The summed E-state index contributed by atoms with van der Waals surface area (Å²) in [6.07, 6.45) is 3.22. The summed E-state index contributed by atoms with van der Waals surface area (Å²) in [5, 5.41) is 9.26. The van der Waals surface area contributed by atoms with Gasteiger partial charge < -0.3 is 19.5 Å². The van der Waals surface area contributed by atoms with E-state index in [2.05, 4.69) is 22.9 Å². The first-order valence-corrected chi connectivity index (χ1v) is 12.3. The highest BCUT2D eigenvalue weighted by Gasteiger charge is 2.24. The van der Waals surface area contributed by atoms with Crippen molar-refractivity contribution in [3.8, 4) is 22.8 Å². The highest BCUT2D eigenvalue weighted by atomic mass is 19.1. The average Bonchev–Trinajstić information content (AvgIpc) is 2.88. The maximum absolute atomic E-state index is 14.8. The van der Waals surface area contributed by atoms with E-state index in [1.54, 1.807) is 13.0 Å². The van der Waals surface area contributed by atoms with Gasteiger partial charge in [0.1, 0.15) is 17.7 Å². The number of nitrogens with zero attached hydrogens (tertiary/aromatic N) is 2. The zero-order valence-corrected chi connectivity index (χ0v) is 21.3. The molecular weight excluding hydrogens is 459 g/mol. The summed E-state index contributed by atoms with van der Waals surface area (Å²) in [4.78, 5) is 17.4. The lowest BCUT2D eigenvalue weighted by Gasteiger charge is -2.28. The molecule has 2 atom stereocenters. The predicted octanol–water partition coefficient (Wildman–Crippen LogP) is 5.68. The molecule has 0 saturated heterocycles. The second kappa shape index (κ2) is 11.1.